The molecule has 2 aromatic rings. The average molecular weight is 284 g/mol. The molecule has 1 unspecified atom stereocenters. The monoisotopic (exact) mass is 284 g/mol. The van der Waals surface area contributed by atoms with Crippen molar-refractivity contribution < 1.29 is 10.2 Å². The van der Waals surface area contributed by atoms with Gasteiger partial charge in [0.2, 0.25) is 0 Å². The Labute approximate surface area is 124 Å². The Hall–Kier alpha value is -2.04. The Kier molecular flexibility index (Phi) is 4.08. The minimum absolute atomic E-state index is 0.228. The van der Waals surface area contributed by atoms with Gasteiger partial charge >= 0.3 is 0 Å². The lowest BCUT2D eigenvalue weighted by atomic mass is 10.1. The SMILES string of the molecule is OCC(O)CNc1cccc(N2Cc3ccccc3C2)c1. The van der Waals surface area contributed by atoms with E-state index >= 15 is 0 Å². The summed E-state index contributed by atoms with van der Waals surface area (Å²) in [4.78, 5) is 2.33. The molecule has 3 rings (SSSR count). The predicted octanol–water partition coefficient (Wildman–Crippen LogP) is 1.97. The Balaban J connectivity index is 1.70. The van der Waals surface area contributed by atoms with Gasteiger partial charge in [-0.05, 0) is 29.3 Å². The van der Waals surface area contributed by atoms with Crippen LogP contribution in [-0.4, -0.2) is 29.5 Å². The molecule has 0 aliphatic carbocycles. The molecule has 0 bridgehead atoms. The molecular weight excluding hydrogens is 264 g/mol. The number of rotatable bonds is 5. The van der Waals surface area contributed by atoms with Crippen LogP contribution in [-0.2, 0) is 13.1 Å². The van der Waals surface area contributed by atoms with E-state index in [2.05, 4.69) is 46.6 Å². The first-order chi connectivity index (χ1) is 10.3. The van der Waals surface area contributed by atoms with Crippen molar-refractivity contribution in [3.05, 3.63) is 59.7 Å². The second-order valence-corrected chi connectivity index (χ2v) is 5.39. The Morgan fingerprint density at radius 2 is 1.76 bits per heavy atom. The van der Waals surface area contributed by atoms with E-state index in [1.54, 1.807) is 0 Å². The molecule has 0 saturated heterocycles. The molecular formula is C17H20N2O2. The number of hydrogen-bond acceptors (Lipinski definition) is 4. The van der Waals surface area contributed by atoms with Gasteiger partial charge in [-0.3, -0.25) is 0 Å². The highest BCUT2D eigenvalue weighted by Crippen LogP contribution is 2.29. The Morgan fingerprint density at radius 1 is 1.05 bits per heavy atom. The van der Waals surface area contributed by atoms with Gasteiger partial charge in [0.1, 0.15) is 0 Å². The molecule has 4 heteroatoms. The molecule has 4 nitrogen and oxygen atoms in total. The van der Waals surface area contributed by atoms with Crippen molar-refractivity contribution >= 4 is 11.4 Å². The normalized spacial score (nSPS) is 14.9. The fraction of sp³-hybridized carbons (Fsp3) is 0.294. The van der Waals surface area contributed by atoms with E-state index in [0.717, 1.165) is 24.5 Å². The maximum Gasteiger partial charge on any atom is 0.0942 e. The molecule has 0 amide bonds. The minimum atomic E-state index is -0.732. The lowest BCUT2D eigenvalue weighted by molar-refractivity contribution is 0.105. The van der Waals surface area contributed by atoms with Gasteiger partial charge in [0.25, 0.3) is 0 Å². The van der Waals surface area contributed by atoms with Crippen molar-refractivity contribution in [2.75, 3.05) is 23.4 Å². The van der Waals surface area contributed by atoms with Crippen molar-refractivity contribution in [1.82, 2.24) is 0 Å². The molecule has 1 heterocycles. The fourth-order valence-corrected chi connectivity index (χ4v) is 2.63. The molecule has 3 N–H and O–H groups in total. The lowest BCUT2D eigenvalue weighted by Crippen LogP contribution is -2.23. The van der Waals surface area contributed by atoms with Crippen LogP contribution in [0.3, 0.4) is 0 Å². The van der Waals surface area contributed by atoms with Gasteiger partial charge in [-0.15, -0.1) is 0 Å². The molecule has 0 aromatic heterocycles. The van der Waals surface area contributed by atoms with Crippen LogP contribution in [0.4, 0.5) is 11.4 Å². The van der Waals surface area contributed by atoms with Crippen molar-refractivity contribution in [2.45, 2.75) is 19.2 Å². The average Bonchev–Trinajstić information content (AvgIpc) is 2.97. The summed E-state index contributed by atoms with van der Waals surface area (Å²) in [7, 11) is 0. The summed E-state index contributed by atoms with van der Waals surface area (Å²) in [5.74, 6) is 0. The zero-order chi connectivity index (χ0) is 14.7. The van der Waals surface area contributed by atoms with E-state index in [0.29, 0.717) is 6.54 Å². The van der Waals surface area contributed by atoms with Crippen LogP contribution in [0.5, 0.6) is 0 Å². The highest BCUT2D eigenvalue weighted by molar-refractivity contribution is 5.60. The first kappa shape index (κ1) is 13.9. The molecule has 0 spiro atoms. The van der Waals surface area contributed by atoms with E-state index < -0.39 is 6.10 Å². The largest absolute Gasteiger partial charge is 0.394 e. The first-order valence-corrected chi connectivity index (χ1v) is 7.21. The smallest absolute Gasteiger partial charge is 0.0942 e. The minimum Gasteiger partial charge on any atom is -0.394 e. The number of anilines is 2. The third kappa shape index (κ3) is 3.17. The van der Waals surface area contributed by atoms with Crippen LogP contribution in [0.25, 0.3) is 0 Å². The Morgan fingerprint density at radius 3 is 2.43 bits per heavy atom. The topological polar surface area (TPSA) is 55.7 Å². The van der Waals surface area contributed by atoms with Crippen molar-refractivity contribution in [3.8, 4) is 0 Å². The highest BCUT2D eigenvalue weighted by Gasteiger charge is 2.18. The van der Waals surface area contributed by atoms with Crippen molar-refractivity contribution in [1.29, 1.82) is 0 Å². The molecule has 1 aliphatic rings. The van der Waals surface area contributed by atoms with Gasteiger partial charge < -0.3 is 20.4 Å². The predicted molar refractivity (Wildman–Crippen MR) is 84.4 cm³/mol. The molecule has 0 fully saturated rings. The summed E-state index contributed by atoms with van der Waals surface area (Å²) in [6.45, 7) is 1.98. The number of hydrogen-bond donors (Lipinski definition) is 3. The van der Waals surface area contributed by atoms with E-state index in [1.807, 2.05) is 12.1 Å². The zero-order valence-corrected chi connectivity index (χ0v) is 11.9. The summed E-state index contributed by atoms with van der Waals surface area (Å²) in [6.07, 6.45) is -0.732. The molecule has 1 atom stereocenters. The molecule has 0 saturated carbocycles. The maximum atomic E-state index is 9.40. The summed E-state index contributed by atoms with van der Waals surface area (Å²) < 4.78 is 0. The highest BCUT2D eigenvalue weighted by atomic mass is 16.3. The number of nitrogens with zero attached hydrogens (tertiary/aromatic N) is 1. The molecule has 0 radical (unpaired) electrons. The van der Waals surface area contributed by atoms with Gasteiger partial charge in [-0.2, -0.15) is 0 Å². The van der Waals surface area contributed by atoms with Crippen LogP contribution in [0, 0.1) is 0 Å². The van der Waals surface area contributed by atoms with Crippen LogP contribution in [0.1, 0.15) is 11.1 Å². The third-order valence-corrected chi connectivity index (χ3v) is 3.80. The summed E-state index contributed by atoms with van der Waals surface area (Å²) in [6, 6.07) is 16.7. The van der Waals surface area contributed by atoms with Gasteiger partial charge in [0.05, 0.1) is 12.7 Å². The van der Waals surface area contributed by atoms with Crippen LogP contribution in [0.2, 0.25) is 0 Å². The standard InChI is InChI=1S/C17H20N2O2/c20-12-17(21)9-18-15-6-3-7-16(8-15)19-10-13-4-1-2-5-14(13)11-19/h1-8,17-18,20-21H,9-12H2. The van der Waals surface area contributed by atoms with E-state index in [4.69, 9.17) is 5.11 Å². The van der Waals surface area contributed by atoms with Gasteiger partial charge in [0.15, 0.2) is 0 Å². The second kappa shape index (κ2) is 6.16. The van der Waals surface area contributed by atoms with E-state index in [1.165, 1.54) is 11.1 Å². The van der Waals surface area contributed by atoms with E-state index in [9.17, 15) is 5.11 Å². The quantitative estimate of drug-likeness (QED) is 0.786. The van der Waals surface area contributed by atoms with Crippen LogP contribution < -0.4 is 10.2 Å². The van der Waals surface area contributed by atoms with E-state index in [-0.39, 0.29) is 6.61 Å². The number of benzene rings is 2. The van der Waals surface area contributed by atoms with Crippen LogP contribution in [0.15, 0.2) is 48.5 Å². The Bertz CT molecular complexity index is 590. The summed E-state index contributed by atoms with van der Waals surface area (Å²) in [5, 5.41) is 21.4. The summed E-state index contributed by atoms with van der Waals surface area (Å²) in [5.41, 5.74) is 4.88. The summed E-state index contributed by atoms with van der Waals surface area (Å²) >= 11 is 0. The number of aliphatic hydroxyl groups excluding tert-OH is 2. The first-order valence-electron chi connectivity index (χ1n) is 7.21. The van der Waals surface area contributed by atoms with Gasteiger partial charge in [-0.25, -0.2) is 0 Å². The number of aliphatic hydroxyl groups is 2. The van der Waals surface area contributed by atoms with Gasteiger partial charge in [-0.1, -0.05) is 30.3 Å². The van der Waals surface area contributed by atoms with Crippen molar-refractivity contribution in [3.63, 3.8) is 0 Å². The molecule has 21 heavy (non-hydrogen) atoms. The zero-order valence-electron chi connectivity index (χ0n) is 11.9. The number of nitrogens with one attached hydrogen (secondary N) is 1. The molecule has 110 valence electrons. The second-order valence-electron chi connectivity index (χ2n) is 5.39. The van der Waals surface area contributed by atoms with Crippen LogP contribution >= 0.6 is 0 Å². The lowest BCUT2D eigenvalue weighted by Gasteiger charge is -2.19. The third-order valence-electron chi connectivity index (χ3n) is 3.80. The molecule has 1 aliphatic heterocycles. The van der Waals surface area contributed by atoms with Crippen molar-refractivity contribution in [2.24, 2.45) is 0 Å². The number of fused-ring (bicyclic) bond motifs is 1. The molecule has 2 aromatic carbocycles. The fourth-order valence-electron chi connectivity index (χ4n) is 2.63. The van der Waals surface area contributed by atoms with Gasteiger partial charge in [0, 0.05) is 31.0 Å². The maximum absolute atomic E-state index is 9.40.